The zero-order chi connectivity index (χ0) is 17.7. The van der Waals surface area contributed by atoms with Gasteiger partial charge in [0.05, 0.1) is 5.69 Å². The number of rotatable bonds is 6. The molecule has 1 aliphatic rings. The van der Waals surface area contributed by atoms with Gasteiger partial charge in [0, 0.05) is 18.3 Å². The molecule has 1 N–H and O–H groups in total. The Morgan fingerprint density at radius 3 is 2.36 bits per heavy atom. The third-order valence-electron chi connectivity index (χ3n) is 5.67. The van der Waals surface area contributed by atoms with Gasteiger partial charge in [0.25, 0.3) is 0 Å². The molecule has 1 fully saturated rings. The van der Waals surface area contributed by atoms with Crippen LogP contribution in [0.5, 0.6) is 0 Å². The molecule has 3 nitrogen and oxygen atoms in total. The summed E-state index contributed by atoms with van der Waals surface area (Å²) in [6, 6.07) is 17.0. The molecule has 1 aromatic heterocycles. The second-order valence-corrected chi connectivity index (χ2v) is 7.41. The van der Waals surface area contributed by atoms with Crippen molar-refractivity contribution in [2.75, 3.05) is 6.54 Å². The zero-order valence-corrected chi connectivity index (χ0v) is 15.4. The van der Waals surface area contributed by atoms with Crippen molar-refractivity contribution in [2.24, 2.45) is 0 Å². The fraction of sp³-hybridized carbons (Fsp3) is 0.500. The van der Waals surface area contributed by atoms with Gasteiger partial charge in [0.2, 0.25) is 0 Å². The highest BCUT2D eigenvalue weighted by atomic mass is 16.3. The standard InChI is InChI=1S/C22H30N2O/c1-18-10-8-11-19(2)24(18)17-9-15-22(25,20-12-4-3-5-13-20)21-14-6-7-16-23-21/h3-7,12-14,16,18-19,25H,8-11,15,17H2,1-2H3/t18-,19?,22?/m0/s1. The van der Waals surface area contributed by atoms with Gasteiger partial charge in [-0.1, -0.05) is 42.8 Å². The van der Waals surface area contributed by atoms with Crippen molar-refractivity contribution in [1.29, 1.82) is 0 Å². The van der Waals surface area contributed by atoms with Gasteiger partial charge in [-0.15, -0.1) is 0 Å². The van der Waals surface area contributed by atoms with Crippen LogP contribution in [0.1, 0.15) is 57.2 Å². The van der Waals surface area contributed by atoms with E-state index in [0.29, 0.717) is 18.5 Å². The molecule has 25 heavy (non-hydrogen) atoms. The molecule has 0 spiro atoms. The lowest BCUT2D eigenvalue weighted by molar-refractivity contribution is 0.0489. The Bertz CT molecular complexity index is 594. The molecule has 0 saturated carbocycles. The van der Waals surface area contributed by atoms with Crippen LogP contribution in [-0.2, 0) is 5.60 Å². The Kier molecular flexibility index (Phi) is 5.87. The maximum Gasteiger partial charge on any atom is 0.131 e. The van der Waals surface area contributed by atoms with Crippen LogP contribution in [0, 0.1) is 0 Å². The van der Waals surface area contributed by atoms with E-state index in [1.165, 1.54) is 19.3 Å². The third kappa shape index (κ3) is 4.10. The van der Waals surface area contributed by atoms with E-state index in [1.54, 1.807) is 6.20 Å². The van der Waals surface area contributed by atoms with Gasteiger partial charge in [-0.3, -0.25) is 9.88 Å². The summed E-state index contributed by atoms with van der Waals surface area (Å²) in [5.74, 6) is 0. The Hall–Kier alpha value is -1.71. The van der Waals surface area contributed by atoms with Crippen LogP contribution in [0.4, 0.5) is 0 Å². The summed E-state index contributed by atoms with van der Waals surface area (Å²) in [7, 11) is 0. The first-order chi connectivity index (χ1) is 12.1. The first kappa shape index (κ1) is 18.1. The summed E-state index contributed by atoms with van der Waals surface area (Å²) >= 11 is 0. The predicted molar refractivity (Wildman–Crippen MR) is 102 cm³/mol. The first-order valence-corrected chi connectivity index (χ1v) is 9.56. The van der Waals surface area contributed by atoms with Gasteiger partial charge >= 0.3 is 0 Å². The molecule has 2 heterocycles. The van der Waals surface area contributed by atoms with Crippen molar-refractivity contribution in [3.8, 4) is 0 Å². The molecule has 134 valence electrons. The summed E-state index contributed by atoms with van der Waals surface area (Å²) in [4.78, 5) is 7.06. The van der Waals surface area contributed by atoms with Crippen LogP contribution in [0.25, 0.3) is 0 Å². The van der Waals surface area contributed by atoms with Crippen molar-refractivity contribution in [3.63, 3.8) is 0 Å². The molecule has 3 heteroatoms. The molecule has 1 saturated heterocycles. The molecule has 0 amide bonds. The van der Waals surface area contributed by atoms with Gasteiger partial charge in [0.15, 0.2) is 0 Å². The molecular weight excluding hydrogens is 308 g/mol. The van der Waals surface area contributed by atoms with Gasteiger partial charge in [-0.05, 0) is 63.8 Å². The summed E-state index contributed by atoms with van der Waals surface area (Å²) in [5, 5.41) is 11.5. The predicted octanol–water partition coefficient (Wildman–Crippen LogP) is 4.36. The molecule has 2 unspecified atom stereocenters. The summed E-state index contributed by atoms with van der Waals surface area (Å²) in [5.41, 5.74) is 0.638. The van der Waals surface area contributed by atoms with Crippen molar-refractivity contribution in [2.45, 2.75) is 63.6 Å². The molecule has 3 atom stereocenters. The molecule has 1 aromatic carbocycles. The van der Waals surface area contributed by atoms with Crippen LogP contribution < -0.4 is 0 Å². The van der Waals surface area contributed by atoms with Crippen LogP contribution in [0.3, 0.4) is 0 Å². The van der Waals surface area contributed by atoms with E-state index in [9.17, 15) is 5.11 Å². The first-order valence-electron chi connectivity index (χ1n) is 9.56. The number of nitrogens with zero attached hydrogens (tertiary/aromatic N) is 2. The van der Waals surface area contributed by atoms with Crippen LogP contribution >= 0.6 is 0 Å². The summed E-state index contributed by atoms with van der Waals surface area (Å²) < 4.78 is 0. The van der Waals surface area contributed by atoms with Crippen molar-refractivity contribution in [1.82, 2.24) is 9.88 Å². The third-order valence-corrected chi connectivity index (χ3v) is 5.67. The number of piperidine rings is 1. The average Bonchev–Trinajstić information content (AvgIpc) is 2.65. The largest absolute Gasteiger partial charge is 0.379 e. The van der Waals surface area contributed by atoms with E-state index in [2.05, 4.69) is 23.7 Å². The monoisotopic (exact) mass is 338 g/mol. The highest BCUT2D eigenvalue weighted by molar-refractivity contribution is 5.31. The summed E-state index contributed by atoms with van der Waals surface area (Å²) in [6.07, 6.45) is 7.31. The van der Waals surface area contributed by atoms with E-state index in [4.69, 9.17) is 0 Å². The second kappa shape index (κ2) is 8.11. The smallest absolute Gasteiger partial charge is 0.131 e. The molecular formula is C22H30N2O. The number of likely N-dealkylation sites (tertiary alicyclic amines) is 1. The number of hydrogen-bond donors (Lipinski definition) is 1. The Morgan fingerprint density at radius 2 is 1.72 bits per heavy atom. The normalized spacial score (nSPS) is 24.0. The van der Waals surface area contributed by atoms with Gasteiger partial charge in [-0.25, -0.2) is 0 Å². The van der Waals surface area contributed by atoms with Crippen molar-refractivity contribution >= 4 is 0 Å². The highest BCUT2D eigenvalue weighted by Crippen LogP contribution is 2.33. The zero-order valence-electron chi connectivity index (χ0n) is 15.4. The van der Waals surface area contributed by atoms with Crippen molar-refractivity contribution in [3.05, 3.63) is 66.0 Å². The average molecular weight is 338 g/mol. The topological polar surface area (TPSA) is 36.4 Å². The fourth-order valence-corrected chi connectivity index (χ4v) is 4.17. The minimum atomic E-state index is -1.02. The van der Waals surface area contributed by atoms with Crippen LogP contribution in [-0.4, -0.2) is 33.6 Å². The van der Waals surface area contributed by atoms with Gasteiger partial charge in [-0.2, -0.15) is 0 Å². The molecule has 0 radical (unpaired) electrons. The van der Waals surface area contributed by atoms with Crippen LogP contribution in [0.2, 0.25) is 0 Å². The molecule has 1 aliphatic heterocycles. The Balaban J connectivity index is 1.75. The quantitative estimate of drug-likeness (QED) is 0.850. The lowest BCUT2D eigenvalue weighted by Crippen LogP contribution is -2.44. The Morgan fingerprint density at radius 1 is 1.04 bits per heavy atom. The van der Waals surface area contributed by atoms with Crippen LogP contribution in [0.15, 0.2) is 54.7 Å². The second-order valence-electron chi connectivity index (χ2n) is 7.41. The van der Waals surface area contributed by atoms with Crippen molar-refractivity contribution < 1.29 is 5.11 Å². The molecule has 0 bridgehead atoms. The number of hydrogen-bond acceptors (Lipinski definition) is 3. The lowest BCUT2D eigenvalue weighted by Gasteiger charge is -2.39. The number of benzene rings is 1. The molecule has 0 aliphatic carbocycles. The SMILES string of the molecule is CC1CCC[C@H](C)N1CCCC(O)(c1ccccc1)c1ccccn1. The van der Waals surface area contributed by atoms with Gasteiger partial charge in [0.1, 0.15) is 5.60 Å². The highest BCUT2D eigenvalue weighted by Gasteiger charge is 2.33. The summed E-state index contributed by atoms with van der Waals surface area (Å²) in [6.45, 7) is 5.69. The molecule has 3 rings (SSSR count). The van der Waals surface area contributed by atoms with Gasteiger partial charge < -0.3 is 5.11 Å². The number of pyridine rings is 1. The number of aromatic nitrogens is 1. The fourth-order valence-electron chi connectivity index (χ4n) is 4.17. The van der Waals surface area contributed by atoms with E-state index in [1.807, 2.05) is 48.5 Å². The minimum Gasteiger partial charge on any atom is -0.379 e. The van der Waals surface area contributed by atoms with E-state index >= 15 is 0 Å². The van der Waals surface area contributed by atoms with E-state index in [0.717, 1.165) is 24.2 Å². The maximum atomic E-state index is 11.5. The maximum absolute atomic E-state index is 11.5. The Labute approximate surface area is 151 Å². The molecule has 2 aromatic rings. The van der Waals surface area contributed by atoms with E-state index < -0.39 is 5.60 Å². The lowest BCUT2D eigenvalue weighted by atomic mass is 9.85. The minimum absolute atomic E-state index is 0.642. The van der Waals surface area contributed by atoms with E-state index in [-0.39, 0.29) is 0 Å². The number of aliphatic hydroxyl groups is 1.